The van der Waals surface area contributed by atoms with Crippen LogP contribution in [-0.4, -0.2) is 89.2 Å². The van der Waals surface area contributed by atoms with Crippen molar-refractivity contribution in [1.82, 2.24) is 25.3 Å². The fourth-order valence-electron chi connectivity index (χ4n) is 3.89. The van der Waals surface area contributed by atoms with Crippen LogP contribution in [0.1, 0.15) is 12.5 Å². The van der Waals surface area contributed by atoms with E-state index in [9.17, 15) is 39.4 Å². The number of aromatic nitrogens is 4. The topological polar surface area (TPSA) is 264 Å². The number of rotatable bonds is 8. The minimum atomic E-state index is -4.31. The van der Waals surface area contributed by atoms with E-state index in [1.165, 1.54) is 0 Å². The van der Waals surface area contributed by atoms with Crippen molar-refractivity contribution in [2.45, 2.75) is 49.1 Å². The molecule has 2 aliphatic heterocycles. The van der Waals surface area contributed by atoms with Gasteiger partial charge in [-0.05, 0) is 11.8 Å². The van der Waals surface area contributed by atoms with E-state index in [-0.39, 0.29) is 6.15 Å². The first kappa shape index (κ1) is 30.1. The molecule has 2 aliphatic rings. The molecule has 0 spiro atoms. The van der Waals surface area contributed by atoms with Crippen molar-refractivity contribution in [2.24, 2.45) is 0 Å². The summed E-state index contributed by atoms with van der Waals surface area (Å²) < 4.78 is 37.9. The van der Waals surface area contributed by atoms with Crippen LogP contribution in [0.3, 0.4) is 0 Å². The second kappa shape index (κ2) is 11.8. The Morgan fingerprint density at radius 1 is 0.974 bits per heavy atom. The minimum absolute atomic E-state index is 0. The molecule has 212 valence electrons. The van der Waals surface area contributed by atoms with Gasteiger partial charge >= 0.3 is 18.1 Å². The van der Waals surface area contributed by atoms with Crippen molar-refractivity contribution in [3.63, 3.8) is 0 Å². The Balaban J connectivity index is 0.00000400. The van der Waals surface area contributed by atoms with E-state index in [0.29, 0.717) is 0 Å². The third-order valence-corrected chi connectivity index (χ3v) is 7.25. The summed E-state index contributed by atoms with van der Waals surface area (Å²) in [7, 11) is 0. The molecule has 0 aliphatic carbocycles. The molecule has 38 heavy (non-hydrogen) atoms. The largest absolute Gasteiger partial charge is 0.394 e. The molecule has 9 atom stereocenters. The Bertz CT molecular complexity index is 1420. The zero-order valence-electron chi connectivity index (χ0n) is 19.5. The number of nitrogens with one attached hydrogen (secondary N) is 2. The Hall–Kier alpha value is -2.42. The summed E-state index contributed by atoms with van der Waals surface area (Å²) in [5.41, 5.74) is -3.32. The van der Waals surface area contributed by atoms with Crippen LogP contribution in [0.5, 0.6) is 0 Å². The monoisotopic (exact) mass is 586 g/mol. The van der Waals surface area contributed by atoms with Gasteiger partial charge < -0.3 is 40.4 Å². The highest BCUT2D eigenvalue weighted by atomic mass is 32.5. The lowest BCUT2D eigenvalue weighted by Crippen LogP contribution is -2.37. The van der Waals surface area contributed by atoms with Gasteiger partial charge in [0.15, 0.2) is 18.6 Å². The molecule has 20 heteroatoms. The lowest BCUT2D eigenvalue weighted by molar-refractivity contribution is -0.0579. The van der Waals surface area contributed by atoms with Gasteiger partial charge in [0.2, 0.25) is 0 Å². The molecule has 10 N–H and O–H groups in total. The first-order valence-electron chi connectivity index (χ1n) is 10.6. The predicted molar refractivity (Wildman–Crippen MR) is 128 cm³/mol. The lowest BCUT2D eigenvalue weighted by Gasteiger charge is -2.25. The number of aliphatic hydroxyl groups excluding tert-OH is 3. The number of quaternary nitrogens is 1. The molecule has 0 aromatic carbocycles. The number of hydrogen-bond donors (Lipinski definition) is 7. The van der Waals surface area contributed by atoms with E-state index < -0.39 is 91.6 Å². The van der Waals surface area contributed by atoms with E-state index in [4.69, 9.17) is 30.3 Å². The molecule has 0 amide bonds. The number of nitrogens with zero attached hydrogens (tertiary/aromatic N) is 2. The highest BCUT2D eigenvalue weighted by Gasteiger charge is 2.50. The van der Waals surface area contributed by atoms with Crippen LogP contribution in [0.2, 0.25) is 0 Å². The summed E-state index contributed by atoms with van der Waals surface area (Å²) in [6, 6.07) is 1.95. The Kier molecular flexibility index (Phi) is 9.32. The number of ether oxygens (including phenoxy) is 2. The summed E-state index contributed by atoms with van der Waals surface area (Å²) in [6.45, 7) is -5.76. The van der Waals surface area contributed by atoms with Crippen LogP contribution in [0.15, 0.2) is 43.7 Å². The number of hydrogen-bond acceptors (Lipinski definition) is 12. The lowest BCUT2D eigenvalue weighted by atomic mass is 10.1. The van der Waals surface area contributed by atoms with E-state index in [1.807, 2.05) is 9.97 Å². The van der Waals surface area contributed by atoms with Crippen molar-refractivity contribution >= 4 is 18.5 Å². The molecule has 4 rings (SSSR count). The number of halogens is 1. The number of alkyl halides is 1. The molecule has 2 fully saturated rings. The highest BCUT2D eigenvalue weighted by molar-refractivity contribution is 8.07. The summed E-state index contributed by atoms with van der Waals surface area (Å²) in [6.07, 6.45) is -10.8. The molecule has 2 aromatic rings. The van der Waals surface area contributed by atoms with Crippen molar-refractivity contribution in [2.75, 3.05) is 13.2 Å². The summed E-state index contributed by atoms with van der Waals surface area (Å²) in [4.78, 5) is 60.9. The third-order valence-electron chi connectivity index (χ3n) is 5.69. The second-order valence-corrected chi connectivity index (χ2v) is 10.9. The molecule has 0 radical (unpaired) electrons. The van der Waals surface area contributed by atoms with E-state index in [1.54, 1.807) is 0 Å². The second-order valence-electron chi connectivity index (χ2n) is 8.11. The molecule has 0 saturated carbocycles. The SMILES string of the molecule is O=c1ccn([C@@H]2O[C@H](COP(O)(=S)OC3[C@@H](CO)O[C@@H](n4ccc(=O)[nH]c4=O)[C@H]3F)C(O)[C@@H]2O)c(=O)[nH]1.[NH4+]. The van der Waals surface area contributed by atoms with Crippen molar-refractivity contribution in [1.29, 1.82) is 0 Å². The molecular formula is C18H26FN5O12PS+. The van der Waals surface area contributed by atoms with Gasteiger partial charge in [0, 0.05) is 24.5 Å². The molecular weight excluding hydrogens is 560 g/mol. The summed E-state index contributed by atoms with van der Waals surface area (Å²) in [5.74, 6) is 0. The van der Waals surface area contributed by atoms with Gasteiger partial charge in [0.1, 0.15) is 30.5 Å². The molecule has 0 bridgehead atoms. The number of aromatic amines is 2. The maximum Gasteiger partial charge on any atom is 0.330 e. The normalized spacial score (nSPS) is 32.6. The Labute approximate surface area is 215 Å². The summed E-state index contributed by atoms with van der Waals surface area (Å²) >= 11 is 4.90. The van der Waals surface area contributed by atoms with E-state index in [2.05, 4.69) is 0 Å². The standard InChI is InChI=1S/C18H22FN4O12PS.H3N/c19-11-14(7(5-24)33-15(11)22-3-1-9(25)20-17(22)29)35-36(31,37)32-6-8-12(27)13(28)16(34-8)23-4-2-10(26)21-18(23)30;/h1-4,7-8,11-16,24,27-28H,5-6H2,(H,31,37)(H,20,25,29)(H,21,26,30);1H3/p+1/t7-,8-,11+,12?,13+,14?,15-,16-,36?;/m1./s1. The Morgan fingerprint density at radius 3 is 2.03 bits per heavy atom. The van der Waals surface area contributed by atoms with Crippen molar-refractivity contribution < 1.29 is 43.1 Å². The van der Waals surface area contributed by atoms with Gasteiger partial charge in [-0.15, -0.1) is 0 Å². The molecule has 2 aromatic heterocycles. The average molecular weight is 586 g/mol. The fraction of sp³-hybridized carbons (Fsp3) is 0.556. The zero-order chi connectivity index (χ0) is 27.1. The number of aliphatic hydroxyl groups is 3. The Morgan fingerprint density at radius 2 is 1.50 bits per heavy atom. The van der Waals surface area contributed by atoms with Crippen LogP contribution in [0.4, 0.5) is 4.39 Å². The van der Waals surface area contributed by atoms with Crippen LogP contribution >= 0.6 is 6.72 Å². The minimum Gasteiger partial charge on any atom is -0.394 e. The van der Waals surface area contributed by atoms with Crippen LogP contribution in [-0.2, 0) is 30.3 Å². The predicted octanol–water partition coefficient (Wildman–Crippen LogP) is -3.07. The fourth-order valence-corrected chi connectivity index (χ4v) is 5.33. The average Bonchev–Trinajstić information content (AvgIpc) is 3.28. The van der Waals surface area contributed by atoms with Gasteiger partial charge in [-0.25, -0.2) is 14.0 Å². The van der Waals surface area contributed by atoms with Gasteiger partial charge in [-0.1, -0.05) is 0 Å². The third kappa shape index (κ3) is 6.08. The molecule has 4 heterocycles. The van der Waals surface area contributed by atoms with Gasteiger partial charge in [0.05, 0.1) is 13.2 Å². The maximum absolute atomic E-state index is 15.2. The van der Waals surface area contributed by atoms with Crippen molar-refractivity contribution in [3.05, 3.63) is 66.2 Å². The molecule has 17 nitrogen and oxygen atoms in total. The first-order valence-corrected chi connectivity index (χ1v) is 13.2. The quantitative estimate of drug-likeness (QED) is 0.152. The van der Waals surface area contributed by atoms with Crippen LogP contribution in [0.25, 0.3) is 0 Å². The maximum atomic E-state index is 15.2. The van der Waals surface area contributed by atoms with Crippen molar-refractivity contribution in [3.8, 4) is 0 Å². The zero-order valence-corrected chi connectivity index (χ0v) is 21.2. The molecule has 2 saturated heterocycles. The van der Waals surface area contributed by atoms with E-state index >= 15 is 4.39 Å². The molecule has 3 unspecified atom stereocenters. The van der Waals surface area contributed by atoms with Gasteiger partial charge in [-0.2, -0.15) is 0 Å². The van der Waals surface area contributed by atoms with E-state index in [0.717, 1.165) is 33.7 Å². The van der Waals surface area contributed by atoms with Crippen LogP contribution < -0.4 is 28.6 Å². The van der Waals surface area contributed by atoms with Gasteiger partial charge in [0.25, 0.3) is 11.1 Å². The number of H-pyrrole nitrogens is 2. The highest BCUT2D eigenvalue weighted by Crippen LogP contribution is 2.49. The van der Waals surface area contributed by atoms with Gasteiger partial charge in [-0.3, -0.25) is 33.2 Å². The smallest absolute Gasteiger partial charge is 0.330 e. The summed E-state index contributed by atoms with van der Waals surface area (Å²) in [5, 5.41) is 30.1. The van der Waals surface area contributed by atoms with Crippen LogP contribution in [0, 0.1) is 0 Å². The first-order chi connectivity index (χ1) is 17.4.